The predicted molar refractivity (Wildman–Crippen MR) is 159 cm³/mol. The summed E-state index contributed by atoms with van der Waals surface area (Å²) in [5.41, 5.74) is 12.4. The first-order valence-electron chi connectivity index (χ1n) is 13.7. The second-order valence-electron chi connectivity index (χ2n) is 13.4. The van der Waals surface area contributed by atoms with Crippen LogP contribution in [-0.4, -0.2) is 16.1 Å². The van der Waals surface area contributed by atoms with E-state index in [9.17, 15) is 0 Å². The third-order valence-electron chi connectivity index (χ3n) is 8.75. The molecule has 2 atom stereocenters. The molecule has 2 unspecified atom stereocenters. The zero-order chi connectivity index (χ0) is 25.7. The standard InChI is InChI=1S/2C11H11.C10H24Si2.Sc/c2*1-8-6-7-9(2)11-5-3-4-10(8)11;1-8-9-10(11(2,3)4)12(5,6)7;/h2*3-7H,1-2H3;1,8-9H2,2-7H3;. The van der Waals surface area contributed by atoms with Crippen molar-refractivity contribution in [2.75, 3.05) is 0 Å². The van der Waals surface area contributed by atoms with Gasteiger partial charge >= 0.3 is 227 Å². The molecule has 2 aromatic rings. The number of hydrogen-bond donors (Lipinski definition) is 0. The average Bonchev–Trinajstić information content (AvgIpc) is 3.38. The van der Waals surface area contributed by atoms with Gasteiger partial charge in [-0.3, -0.25) is 0 Å². The van der Waals surface area contributed by atoms with Gasteiger partial charge in [-0.25, -0.2) is 0 Å². The monoisotopic (exact) mass is 531 g/mol. The van der Waals surface area contributed by atoms with Crippen molar-refractivity contribution >= 4 is 28.3 Å². The SMILES string of the molecule is Cc1ccc(C)c2c1C=C[CH]2[Sc]([CH2]CC[C]([Si](C)(C)C)[Si](C)(C)C)[CH]1C=Cc2c(C)ccc(C)c21. The molecule has 0 bridgehead atoms. The molecule has 1 radical (unpaired) electrons. The van der Waals surface area contributed by atoms with Gasteiger partial charge in [0.1, 0.15) is 0 Å². The summed E-state index contributed by atoms with van der Waals surface area (Å²) in [7, 11) is -2.47. The molecule has 0 saturated carbocycles. The van der Waals surface area contributed by atoms with Crippen LogP contribution in [-0.2, 0) is 21.4 Å². The van der Waals surface area contributed by atoms with Crippen molar-refractivity contribution in [2.24, 2.45) is 0 Å². The van der Waals surface area contributed by atoms with Gasteiger partial charge in [-0.2, -0.15) is 0 Å². The van der Waals surface area contributed by atoms with Gasteiger partial charge in [0.15, 0.2) is 0 Å². The molecule has 0 spiro atoms. The Hall–Kier alpha value is -0.776. The van der Waals surface area contributed by atoms with Crippen molar-refractivity contribution in [1.29, 1.82) is 0 Å². The molecule has 0 heterocycles. The number of rotatable bonds is 8. The van der Waals surface area contributed by atoms with Crippen LogP contribution in [0.25, 0.3) is 12.2 Å². The fourth-order valence-electron chi connectivity index (χ4n) is 7.31. The van der Waals surface area contributed by atoms with Crippen molar-refractivity contribution in [2.45, 2.75) is 91.3 Å². The van der Waals surface area contributed by atoms with Gasteiger partial charge in [0.05, 0.1) is 0 Å². The van der Waals surface area contributed by atoms with Gasteiger partial charge in [-0.1, -0.05) is 0 Å². The fourth-order valence-corrected chi connectivity index (χ4v) is 25.0. The number of hydrogen-bond acceptors (Lipinski definition) is 0. The van der Waals surface area contributed by atoms with Crippen LogP contribution in [0.5, 0.6) is 0 Å². The van der Waals surface area contributed by atoms with Crippen molar-refractivity contribution in [3.8, 4) is 0 Å². The van der Waals surface area contributed by atoms with Crippen LogP contribution >= 0.6 is 0 Å². The summed E-state index contributed by atoms with van der Waals surface area (Å²) in [6, 6.07) is 9.40. The zero-order valence-corrected chi connectivity index (χ0v) is 27.8. The second-order valence-corrected chi connectivity index (χ2v) is 29.3. The molecule has 0 amide bonds. The van der Waals surface area contributed by atoms with E-state index in [1.54, 1.807) is 11.1 Å². The van der Waals surface area contributed by atoms with Crippen LogP contribution in [0.2, 0.25) is 43.5 Å². The molecular formula is C32H46ScSi2. The minimum atomic E-state index is -1.88. The quantitative estimate of drug-likeness (QED) is 0.297. The van der Waals surface area contributed by atoms with E-state index in [-0.39, 0.29) is 0 Å². The van der Waals surface area contributed by atoms with Crippen molar-refractivity contribution in [3.63, 3.8) is 0 Å². The Kier molecular flexibility index (Phi) is 7.93. The fraction of sp³-hybridized carbons (Fsp3) is 0.469. The summed E-state index contributed by atoms with van der Waals surface area (Å²) < 4.78 is 2.87. The van der Waals surface area contributed by atoms with Crippen molar-refractivity contribution < 1.29 is 21.4 Å². The average molecular weight is 532 g/mol. The molecule has 0 N–H and O–H groups in total. The third kappa shape index (κ3) is 5.43. The van der Waals surface area contributed by atoms with Gasteiger partial charge in [-0.05, 0) is 0 Å². The van der Waals surface area contributed by atoms with Gasteiger partial charge in [0.2, 0.25) is 0 Å². The molecule has 185 valence electrons. The van der Waals surface area contributed by atoms with Crippen LogP contribution < -0.4 is 0 Å². The van der Waals surface area contributed by atoms with E-state index in [2.05, 4.69) is 116 Å². The van der Waals surface area contributed by atoms with Gasteiger partial charge in [-0.15, -0.1) is 0 Å². The third-order valence-corrected chi connectivity index (χ3v) is 23.7. The van der Waals surface area contributed by atoms with Crippen LogP contribution in [0.4, 0.5) is 0 Å². The van der Waals surface area contributed by atoms with E-state index in [4.69, 9.17) is 0 Å². The molecule has 4 rings (SSSR count). The number of aryl methyl sites for hydroxylation is 4. The van der Waals surface area contributed by atoms with Crippen molar-refractivity contribution in [3.05, 3.63) is 86.1 Å². The zero-order valence-electron chi connectivity index (χ0n) is 24.0. The number of benzene rings is 2. The molecule has 3 heteroatoms. The molecule has 2 aliphatic carbocycles. The molecule has 2 aromatic carbocycles. The first kappa shape index (κ1) is 27.3. The first-order valence-corrected chi connectivity index (χ1v) is 24.1. The number of fused-ring (bicyclic) bond motifs is 2. The van der Waals surface area contributed by atoms with Gasteiger partial charge in [0.25, 0.3) is 0 Å². The Morgan fingerprint density at radius 2 is 1.06 bits per heavy atom. The number of allylic oxidation sites excluding steroid dienone is 2. The van der Waals surface area contributed by atoms with Gasteiger partial charge < -0.3 is 0 Å². The van der Waals surface area contributed by atoms with Crippen LogP contribution in [0.1, 0.15) is 64.7 Å². The Balaban J connectivity index is 1.70. The van der Waals surface area contributed by atoms with E-state index in [1.165, 1.54) is 50.4 Å². The summed E-state index contributed by atoms with van der Waals surface area (Å²) in [6.07, 6.45) is 13.0. The topological polar surface area (TPSA) is 0 Å². The van der Waals surface area contributed by atoms with E-state index in [0.29, 0.717) is 7.35 Å². The van der Waals surface area contributed by atoms with E-state index >= 15 is 0 Å². The second kappa shape index (κ2) is 10.2. The maximum atomic E-state index is 2.63. The summed E-state index contributed by atoms with van der Waals surface area (Å²) >= 11 is -1.88. The normalized spacial score (nSPS) is 18.9. The van der Waals surface area contributed by atoms with E-state index in [0.717, 1.165) is 0 Å². The molecule has 0 fully saturated rings. The Labute approximate surface area is 225 Å². The molecule has 0 nitrogen and oxygen atoms in total. The summed E-state index contributed by atoms with van der Waals surface area (Å²) in [6.45, 7) is 24.8. The van der Waals surface area contributed by atoms with Crippen molar-refractivity contribution in [1.82, 2.24) is 0 Å². The Bertz CT molecular complexity index is 1070. The maximum absolute atomic E-state index is 2.63. The van der Waals surface area contributed by atoms with Crippen LogP contribution in [0, 0.1) is 32.9 Å². The summed E-state index contributed by atoms with van der Waals surface area (Å²) in [4.78, 5) is 0. The first-order chi connectivity index (χ1) is 16.3. The minimum absolute atomic E-state index is 0.695. The van der Waals surface area contributed by atoms with Crippen LogP contribution in [0.3, 0.4) is 0 Å². The van der Waals surface area contributed by atoms with Crippen LogP contribution in [0.15, 0.2) is 36.4 Å². The molecule has 0 aromatic heterocycles. The Morgan fingerprint density at radius 3 is 1.46 bits per heavy atom. The molecule has 0 saturated heterocycles. The molecule has 35 heavy (non-hydrogen) atoms. The molecule has 0 aliphatic heterocycles. The molecule has 2 aliphatic rings. The van der Waals surface area contributed by atoms with E-state index in [1.807, 2.05) is 5.16 Å². The van der Waals surface area contributed by atoms with E-state index < -0.39 is 37.6 Å². The summed E-state index contributed by atoms with van der Waals surface area (Å²) in [5, 5.41) is 2.01. The predicted octanol–water partition coefficient (Wildman–Crippen LogP) is 9.90. The Morgan fingerprint density at radius 1 is 0.657 bits per heavy atom. The van der Waals surface area contributed by atoms with Gasteiger partial charge in [0, 0.05) is 0 Å². The molecular weight excluding hydrogens is 485 g/mol. The summed E-state index contributed by atoms with van der Waals surface area (Å²) in [5.74, 6) is 0.